The quantitative estimate of drug-likeness (QED) is 0.752. The monoisotopic (exact) mass is 335 g/mol. The predicted octanol–water partition coefficient (Wildman–Crippen LogP) is 2.63. The molecule has 0 amide bonds. The molecule has 0 radical (unpaired) electrons. The maximum atomic E-state index is 10.1. The number of rotatable bonds is 5. The molecular formula is C20H21N3O2. The summed E-state index contributed by atoms with van der Waals surface area (Å²) in [6.45, 7) is 1.25. The Kier molecular flexibility index (Phi) is 4.26. The zero-order valence-electron chi connectivity index (χ0n) is 13.9. The van der Waals surface area contributed by atoms with Crippen LogP contribution in [0.5, 0.6) is 5.75 Å². The average molecular weight is 335 g/mol. The van der Waals surface area contributed by atoms with Crippen molar-refractivity contribution in [3.8, 4) is 11.4 Å². The van der Waals surface area contributed by atoms with Gasteiger partial charge in [0, 0.05) is 30.3 Å². The number of fused-ring (bicyclic) bond motifs is 1. The van der Waals surface area contributed by atoms with Crippen LogP contribution in [-0.4, -0.2) is 28.1 Å². The molecule has 1 aromatic heterocycles. The van der Waals surface area contributed by atoms with E-state index in [1.54, 1.807) is 0 Å². The van der Waals surface area contributed by atoms with Gasteiger partial charge in [0.25, 0.3) is 0 Å². The molecule has 25 heavy (non-hydrogen) atoms. The molecule has 3 aromatic rings. The van der Waals surface area contributed by atoms with Crippen molar-refractivity contribution in [3.63, 3.8) is 0 Å². The maximum Gasteiger partial charge on any atom is 0.124 e. The molecule has 0 saturated heterocycles. The Morgan fingerprint density at radius 2 is 1.92 bits per heavy atom. The summed E-state index contributed by atoms with van der Waals surface area (Å²) in [4.78, 5) is 0. The molecule has 2 aromatic carbocycles. The smallest absolute Gasteiger partial charge is 0.124 e. The second-order valence-corrected chi connectivity index (χ2v) is 6.32. The summed E-state index contributed by atoms with van der Waals surface area (Å²) in [6.07, 6.45) is 4.60. The van der Waals surface area contributed by atoms with Crippen molar-refractivity contribution in [1.29, 1.82) is 0 Å². The second kappa shape index (κ2) is 6.70. The number of para-hydroxylation sites is 2. The maximum absolute atomic E-state index is 10.1. The van der Waals surface area contributed by atoms with Crippen molar-refractivity contribution in [2.75, 3.05) is 13.2 Å². The molecule has 5 heteroatoms. The number of nitrogens with zero attached hydrogens (tertiary/aromatic N) is 2. The third-order valence-corrected chi connectivity index (χ3v) is 4.75. The SMILES string of the molecule is OCC1(NCc2cnn(-c3ccccc3)c2)CCOc2ccccc21. The number of hydrogen-bond acceptors (Lipinski definition) is 4. The summed E-state index contributed by atoms with van der Waals surface area (Å²) >= 11 is 0. The number of aromatic nitrogens is 2. The van der Waals surface area contributed by atoms with Gasteiger partial charge in [-0.15, -0.1) is 0 Å². The molecule has 0 saturated carbocycles. The lowest BCUT2D eigenvalue weighted by molar-refractivity contribution is 0.106. The van der Waals surface area contributed by atoms with Crippen molar-refractivity contribution in [3.05, 3.63) is 78.1 Å². The molecule has 1 atom stereocenters. The van der Waals surface area contributed by atoms with E-state index in [1.165, 1.54) is 0 Å². The molecule has 1 aliphatic rings. The zero-order chi connectivity index (χ0) is 17.1. The zero-order valence-corrected chi connectivity index (χ0v) is 13.9. The van der Waals surface area contributed by atoms with E-state index < -0.39 is 5.54 Å². The Labute approximate surface area is 146 Å². The fourth-order valence-corrected chi connectivity index (χ4v) is 3.31. The summed E-state index contributed by atoms with van der Waals surface area (Å²) < 4.78 is 7.59. The molecule has 0 bridgehead atoms. The van der Waals surface area contributed by atoms with Crippen molar-refractivity contribution < 1.29 is 9.84 Å². The average Bonchev–Trinajstić information content (AvgIpc) is 3.16. The van der Waals surface area contributed by atoms with Crippen LogP contribution < -0.4 is 10.1 Å². The van der Waals surface area contributed by atoms with Gasteiger partial charge >= 0.3 is 0 Å². The Morgan fingerprint density at radius 1 is 1.12 bits per heavy atom. The van der Waals surface area contributed by atoms with Gasteiger partial charge in [0.2, 0.25) is 0 Å². The van der Waals surface area contributed by atoms with Crippen LogP contribution in [0.2, 0.25) is 0 Å². The van der Waals surface area contributed by atoms with E-state index in [2.05, 4.69) is 10.4 Å². The van der Waals surface area contributed by atoms with Crippen molar-refractivity contribution in [2.24, 2.45) is 0 Å². The first-order valence-electron chi connectivity index (χ1n) is 8.48. The van der Waals surface area contributed by atoms with Crippen LogP contribution >= 0.6 is 0 Å². The molecule has 4 rings (SSSR count). The molecule has 0 spiro atoms. The van der Waals surface area contributed by atoms with Gasteiger partial charge in [-0.05, 0) is 18.2 Å². The lowest BCUT2D eigenvalue weighted by Crippen LogP contribution is -2.48. The third-order valence-electron chi connectivity index (χ3n) is 4.75. The van der Waals surface area contributed by atoms with E-state index in [0.29, 0.717) is 13.2 Å². The van der Waals surface area contributed by atoms with Crippen LogP contribution in [0.25, 0.3) is 5.69 Å². The number of aliphatic hydroxyl groups excluding tert-OH is 1. The molecule has 0 fully saturated rings. The van der Waals surface area contributed by atoms with Crippen LogP contribution in [0, 0.1) is 0 Å². The van der Waals surface area contributed by atoms with Gasteiger partial charge in [-0.3, -0.25) is 0 Å². The fraction of sp³-hybridized carbons (Fsp3) is 0.250. The van der Waals surface area contributed by atoms with Gasteiger partial charge in [0.1, 0.15) is 5.75 Å². The molecular weight excluding hydrogens is 314 g/mol. The van der Waals surface area contributed by atoms with Gasteiger partial charge < -0.3 is 15.2 Å². The van der Waals surface area contributed by atoms with Gasteiger partial charge in [-0.2, -0.15) is 5.10 Å². The Balaban J connectivity index is 1.54. The molecule has 1 unspecified atom stereocenters. The summed E-state index contributed by atoms with van der Waals surface area (Å²) in [7, 11) is 0. The molecule has 2 heterocycles. The first-order valence-corrected chi connectivity index (χ1v) is 8.48. The van der Waals surface area contributed by atoms with E-state index in [1.807, 2.05) is 71.7 Å². The van der Waals surface area contributed by atoms with E-state index in [4.69, 9.17) is 4.74 Å². The highest BCUT2D eigenvalue weighted by atomic mass is 16.5. The van der Waals surface area contributed by atoms with Gasteiger partial charge in [-0.1, -0.05) is 36.4 Å². The van der Waals surface area contributed by atoms with Crippen molar-refractivity contribution >= 4 is 0 Å². The minimum atomic E-state index is -0.482. The lowest BCUT2D eigenvalue weighted by Gasteiger charge is -2.38. The van der Waals surface area contributed by atoms with Crippen LogP contribution in [0.3, 0.4) is 0 Å². The molecule has 0 aliphatic carbocycles. The Bertz CT molecular complexity index is 847. The molecule has 128 valence electrons. The first kappa shape index (κ1) is 15.9. The predicted molar refractivity (Wildman–Crippen MR) is 95.7 cm³/mol. The summed E-state index contributed by atoms with van der Waals surface area (Å²) in [5.41, 5.74) is 2.63. The normalized spacial score (nSPS) is 19.2. The number of hydrogen-bond donors (Lipinski definition) is 2. The van der Waals surface area contributed by atoms with E-state index in [9.17, 15) is 5.11 Å². The van der Waals surface area contributed by atoms with Crippen LogP contribution in [-0.2, 0) is 12.1 Å². The Morgan fingerprint density at radius 3 is 2.76 bits per heavy atom. The van der Waals surface area contributed by atoms with E-state index in [0.717, 1.165) is 29.0 Å². The third kappa shape index (κ3) is 3.04. The largest absolute Gasteiger partial charge is 0.493 e. The highest BCUT2D eigenvalue weighted by Gasteiger charge is 2.36. The summed E-state index contributed by atoms with van der Waals surface area (Å²) in [5, 5.41) is 18.1. The minimum absolute atomic E-state index is 0.0280. The van der Waals surface area contributed by atoms with Crippen molar-refractivity contribution in [2.45, 2.75) is 18.5 Å². The molecule has 2 N–H and O–H groups in total. The number of aliphatic hydroxyl groups is 1. The first-order chi connectivity index (χ1) is 12.3. The summed E-state index contributed by atoms with van der Waals surface area (Å²) in [6, 6.07) is 17.9. The van der Waals surface area contributed by atoms with Gasteiger partial charge in [0.15, 0.2) is 0 Å². The number of benzene rings is 2. The van der Waals surface area contributed by atoms with Gasteiger partial charge in [-0.25, -0.2) is 4.68 Å². The van der Waals surface area contributed by atoms with Gasteiger partial charge in [0.05, 0.1) is 30.6 Å². The highest BCUT2D eigenvalue weighted by Crippen LogP contribution is 2.36. The highest BCUT2D eigenvalue weighted by molar-refractivity contribution is 5.41. The number of nitrogens with one attached hydrogen (secondary N) is 1. The van der Waals surface area contributed by atoms with E-state index >= 15 is 0 Å². The summed E-state index contributed by atoms with van der Waals surface area (Å²) in [5.74, 6) is 0.843. The number of ether oxygens (including phenoxy) is 1. The minimum Gasteiger partial charge on any atom is -0.493 e. The standard InChI is InChI=1S/C20H21N3O2/c24-15-20(10-11-25-19-9-5-4-8-18(19)20)21-12-16-13-22-23(14-16)17-6-2-1-3-7-17/h1-9,13-14,21,24H,10-12,15H2. The van der Waals surface area contributed by atoms with E-state index in [-0.39, 0.29) is 6.61 Å². The van der Waals surface area contributed by atoms with Crippen molar-refractivity contribution in [1.82, 2.24) is 15.1 Å². The second-order valence-electron chi connectivity index (χ2n) is 6.32. The Hall–Kier alpha value is -2.63. The molecule has 5 nitrogen and oxygen atoms in total. The molecule has 1 aliphatic heterocycles. The fourth-order valence-electron chi connectivity index (χ4n) is 3.31. The van der Waals surface area contributed by atoms with Crippen LogP contribution in [0.15, 0.2) is 67.0 Å². The van der Waals surface area contributed by atoms with Crippen LogP contribution in [0.4, 0.5) is 0 Å². The van der Waals surface area contributed by atoms with Crippen LogP contribution in [0.1, 0.15) is 17.5 Å². The lowest BCUT2D eigenvalue weighted by atomic mass is 9.85. The topological polar surface area (TPSA) is 59.3 Å².